The third-order valence-electron chi connectivity index (χ3n) is 5.52. The largest absolute Gasteiger partial charge is 0.479 e. The number of rotatable bonds is 5. The maximum absolute atomic E-state index is 12.6. The third kappa shape index (κ3) is 3.50. The summed E-state index contributed by atoms with van der Waals surface area (Å²) < 4.78 is 7.61. The summed E-state index contributed by atoms with van der Waals surface area (Å²) in [6.45, 7) is 0.0894. The summed E-state index contributed by atoms with van der Waals surface area (Å²) in [4.78, 5) is 28.7. The van der Waals surface area contributed by atoms with Crippen molar-refractivity contribution >= 4 is 33.6 Å². The van der Waals surface area contributed by atoms with Gasteiger partial charge in [-0.05, 0) is 38.2 Å². The summed E-state index contributed by atoms with van der Waals surface area (Å²) in [5.41, 5.74) is 4.98. The Kier molecular flexibility index (Phi) is 5.10. The summed E-state index contributed by atoms with van der Waals surface area (Å²) in [6, 6.07) is 14.6. The highest BCUT2D eigenvalue weighted by molar-refractivity contribution is 9.10. The Morgan fingerprint density at radius 2 is 1.75 bits per heavy atom. The minimum atomic E-state index is -1.35. The fourth-order valence-electron chi connectivity index (χ4n) is 4.10. The van der Waals surface area contributed by atoms with Gasteiger partial charge >= 0.3 is 12.1 Å². The lowest BCUT2D eigenvalue weighted by Gasteiger charge is -2.17. The summed E-state index contributed by atoms with van der Waals surface area (Å²) in [7, 11) is 0. The number of fused-ring (bicyclic) bond motifs is 4. The number of aliphatic carboxylic acids is 1. The van der Waals surface area contributed by atoms with Crippen molar-refractivity contribution in [3.8, 4) is 11.1 Å². The van der Waals surface area contributed by atoms with E-state index in [0.29, 0.717) is 10.1 Å². The number of amides is 1. The average Bonchev–Trinajstić information content (AvgIpc) is 3.34. The second-order valence-electron chi connectivity index (χ2n) is 7.38. The SMILES string of the molecule is O=C(NC(C(=O)O)c1cnn2cc(Br)cnc12)OCC1c2ccccc2-c2ccccc21. The number of alkyl carbamates (subject to hydrolysis) is 1. The van der Waals surface area contributed by atoms with Gasteiger partial charge in [-0.1, -0.05) is 48.5 Å². The van der Waals surface area contributed by atoms with Crippen LogP contribution in [0.15, 0.2) is 71.6 Å². The molecule has 0 saturated carbocycles. The molecular formula is C23H17BrN4O4. The van der Waals surface area contributed by atoms with Gasteiger partial charge in [0.2, 0.25) is 0 Å². The van der Waals surface area contributed by atoms with E-state index >= 15 is 0 Å². The molecule has 1 amide bonds. The van der Waals surface area contributed by atoms with E-state index in [4.69, 9.17) is 4.74 Å². The Bertz CT molecular complexity index is 1310. The zero-order valence-corrected chi connectivity index (χ0v) is 18.2. The van der Waals surface area contributed by atoms with Crippen LogP contribution >= 0.6 is 15.9 Å². The van der Waals surface area contributed by atoms with Gasteiger partial charge in [0, 0.05) is 18.3 Å². The van der Waals surface area contributed by atoms with Crippen LogP contribution in [0.5, 0.6) is 0 Å². The number of hydrogen-bond acceptors (Lipinski definition) is 5. The average molecular weight is 493 g/mol. The zero-order chi connectivity index (χ0) is 22.2. The van der Waals surface area contributed by atoms with Crippen LogP contribution < -0.4 is 5.32 Å². The molecule has 160 valence electrons. The molecule has 0 saturated heterocycles. The van der Waals surface area contributed by atoms with E-state index in [1.165, 1.54) is 16.9 Å². The van der Waals surface area contributed by atoms with Crippen molar-refractivity contribution in [1.29, 1.82) is 0 Å². The topological polar surface area (TPSA) is 106 Å². The molecule has 0 spiro atoms. The number of carboxylic acid groups (broad SMARTS) is 1. The molecule has 2 heterocycles. The number of carboxylic acids is 1. The first-order chi connectivity index (χ1) is 15.5. The van der Waals surface area contributed by atoms with Crippen molar-refractivity contribution in [2.45, 2.75) is 12.0 Å². The molecule has 0 aliphatic heterocycles. The molecule has 32 heavy (non-hydrogen) atoms. The molecule has 4 aromatic rings. The van der Waals surface area contributed by atoms with E-state index < -0.39 is 18.1 Å². The van der Waals surface area contributed by atoms with Gasteiger partial charge < -0.3 is 15.2 Å². The number of halogens is 1. The molecule has 1 aliphatic carbocycles. The monoisotopic (exact) mass is 492 g/mol. The molecule has 2 N–H and O–H groups in total. The van der Waals surface area contributed by atoms with E-state index in [1.807, 2.05) is 48.5 Å². The highest BCUT2D eigenvalue weighted by atomic mass is 79.9. The molecule has 2 aromatic carbocycles. The molecule has 0 radical (unpaired) electrons. The first kappa shape index (κ1) is 20.2. The lowest BCUT2D eigenvalue weighted by Crippen LogP contribution is -2.34. The Morgan fingerprint density at radius 3 is 2.41 bits per heavy atom. The predicted molar refractivity (Wildman–Crippen MR) is 119 cm³/mol. The highest BCUT2D eigenvalue weighted by Gasteiger charge is 2.31. The van der Waals surface area contributed by atoms with Gasteiger partial charge in [-0.2, -0.15) is 5.10 Å². The highest BCUT2D eigenvalue weighted by Crippen LogP contribution is 2.44. The number of benzene rings is 2. The number of aromatic nitrogens is 3. The molecule has 1 aliphatic rings. The van der Waals surface area contributed by atoms with Crippen LogP contribution in [-0.4, -0.2) is 38.4 Å². The van der Waals surface area contributed by atoms with Crippen molar-refractivity contribution in [3.63, 3.8) is 0 Å². The van der Waals surface area contributed by atoms with Gasteiger partial charge in [0.25, 0.3) is 0 Å². The second-order valence-corrected chi connectivity index (χ2v) is 8.30. The fourth-order valence-corrected chi connectivity index (χ4v) is 4.40. The summed E-state index contributed by atoms with van der Waals surface area (Å²) >= 11 is 3.29. The lowest BCUT2D eigenvalue weighted by atomic mass is 9.98. The number of nitrogens with zero attached hydrogens (tertiary/aromatic N) is 3. The van der Waals surface area contributed by atoms with E-state index in [9.17, 15) is 14.7 Å². The van der Waals surface area contributed by atoms with Crippen LogP contribution in [0.3, 0.4) is 0 Å². The maximum Gasteiger partial charge on any atom is 0.408 e. The first-order valence-electron chi connectivity index (χ1n) is 9.86. The van der Waals surface area contributed by atoms with Crippen molar-refractivity contribution in [2.24, 2.45) is 0 Å². The third-order valence-corrected chi connectivity index (χ3v) is 5.93. The zero-order valence-electron chi connectivity index (χ0n) is 16.6. The smallest absolute Gasteiger partial charge is 0.408 e. The van der Waals surface area contributed by atoms with Gasteiger partial charge in [0.1, 0.15) is 6.61 Å². The Labute approximate surface area is 191 Å². The van der Waals surface area contributed by atoms with Gasteiger partial charge in [0.15, 0.2) is 11.7 Å². The van der Waals surface area contributed by atoms with Crippen molar-refractivity contribution in [1.82, 2.24) is 19.9 Å². The molecular weight excluding hydrogens is 476 g/mol. The van der Waals surface area contributed by atoms with Crippen molar-refractivity contribution in [2.75, 3.05) is 6.61 Å². The van der Waals surface area contributed by atoms with Crippen LogP contribution in [0.4, 0.5) is 4.79 Å². The number of ether oxygens (including phenoxy) is 1. The standard InChI is InChI=1S/C23H17BrN4O4/c24-13-9-25-21-18(10-26-28(21)11-13)20(22(29)30)27-23(31)32-12-19-16-7-3-1-5-14(16)15-6-2-4-8-17(15)19/h1-11,19-20H,12H2,(H,27,31)(H,29,30). The minimum Gasteiger partial charge on any atom is -0.479 e. The van der Waals surface area contributed by atoms with Crippen LogP contribution in [0.1, 0.15) is 28.7 Å². The molecule has 2 aromatic heterocycles. The van der Waals surface area contributed by atoms with Crippen molar-refractivity contribution in [3.05, 3.63) is 88.3 Å². The Hall–Kier alpha value is -3.72. The van der Waals surface area contributed by atoms with Gasteiger partial charge in [-0.15, -0.1) is 0 Å². The van der Waals surface area contributed by atoms with Crippen LogP contribution in [0.25, 0.3) is 16.8 Å². The van der Waals surface area contributed by atoms with E-state index in [-0.39, 0.29) is 18.1 Å². The van der Waals surface area contributed by atoms with E-state index in [1.54, 1.807) is 6.20 Å². The number of hydrogen-bond donors (Lipinski definition) is 2. The number of nitrogens with one attached hydrogen (secondary N) is 1. The molecule has 5 rings (SSSR count). The molecule has 1 atom stereocenters. The predicted octanol–water partition coefficient (Wildman–Crippen LogP) is 4.16. The van der Waals surface area contributed by atoms with Gasteiger partial charge in [-0.25, -0.2) is 19.1 Å². The Balaban J connectivity index is 1.34. The van der Waals surface area contributed by atoms with E-state index in [0.717, 1.165) is 22.3 Å². The van der Waals surface area contributed by atoms with Gasteiger partial charge in [-0.3, -0.25) is 0 Å². The fraction of sp³-hybridized carbons (Fsp3) is 0.130. The summed E-state index contributed by atoms with van der Waals surface area (Å²) in [6.07, 6.45) is 3.73. The van der Waals surface area contributed by atoms with E-state index in [2.05, 4.69) is 31.3 Å². The number of carbonyl (C=O) groups is 2. The normalized spacial score (nSPS) is 13.4. The molecule has 1 unspecified atom stereocenters. The molecule has 0 bridgehead atoms. The minimum absolute atomic E-state index is 0.0894. The molecule has 0 fully saturated rings. The van der Waals surface area contributed by atoms with Crippen LogP contribution in [0, 0.1) is 0 Å². The maximum atomic E-state index is 12.6. The Morgan fingerprint density at radius 1 is 1.09 bits per heavy atom. The summed E-state index contributed by atoms with van der Waals surface area (Å²) in [5, 5.41) is 16.3. The lowest BCUT2D eigenvalue weighted by molar-refractivity contribution is -0.139. The van der Waals surface area contributed by atoms with Crippen molar-refractivity contribution < 1.29 is 19.4 Å². The molecule has 8 nitrogen and oxygen atoms in total. The van der Waals surface area contributed by atoms with Crippen LogP contribution in [-0.2, 0) is 9.53 Å². The molecule has 9 heteroatoms. The number of carbonyl (C=O) groups excluding carboxylic acids is 1. The van der Waals surface area contributed by atoms with Gasteiger partial charge in [0.05, 0.1) is 16.2 Å². The van der Waals surface area contributed by atoms with Crippen LogP contribution in [0.2, 0.25) is 0 Å². The second kappa shape index (κ2) is 8.08. The quantitative estimate of drug-likeness (QED) is 0.433. The first-order valence-corrected chi connectivity index (χ1v) is 10.7. The summed E-state index contributed by atoms with van der Waals surface area (Å²) in [5.74, 6) is -1.36.